The molecule has 22 heavy (non-hydrogen) atoms. The Morgan fingerprint density at radius 3 is 1.64 bits per heavy atom. The molecule has 0 fully saturated rings. The minimum Gasteiger partial charge on any atom is -0.217 e. The molecule has 1 heterocycles. The largest absolute Gasteiger partial charge is 0.224 e. The van der Waals surface area contributed by atoms with Gasteiger partial charge in [-0.15, -0.1) is 0 Å². The van der Waals surface area contributed by atoms with E-state index in [2.05, 4.69) is 9.97 Å². The number of halogens is 4. The Morgan fingerprint density at radius 2 is 1.09 bits per heavy atom. The van der Waals surface area contributed by atoms with Crippen LogP contribution in [-0.2, 0) is 0 Å². The SMILES string of the molecule is Clc1ccc(-c2nc(Cl)nc(Cl)c2-c2ccc(Cl)cc2)cc1. The predicted octanol–water partition coefficient (Wildman–Crippen LogP) is 6.42. The van der Waals surface area contributed by atoms with Crippen molar-refractivity contribution in [2.75, 3.05) is 0 Å². The van der Waals surface area contributed by atoms with E-state index >= 15 is 0 Å². The highest BCUT2D eigenvalue weighted by Gasteiger charge is 2.16. The molecule has 0 bridgehead atoms. The number of aromatic nitrogens is 2. The van der Waals surface area contributed by atoms with Crippen LogP contribution in [0.25, 0.3) is 22.4 Å². The fraction of sp³-hybridized carbons (Fsp3) is 0. The van der Waals surface area contributed by atoms with Crippen LogP contribution in [0.4, 0.5) is 0 Å². The summed E-state index contributed by atoms with van der Waals surface area (Å²) in [6, 6.07) is 14.6. The molecular weight excluding hydrogens is 362 g/mol. The lowest BCUT2D eigenvalue weighted by Crippen LogP contribution is -1.95. The zero-order chi connectivity index (χ0) is 15.7. The fourth-order valence-corrected chi connectivity index (χ4v) is 2.84. The summed E-state index contributed by atoms with van der Waals surface area (Å²) < 4.78 is 0. The lowest BCUT2D eigenvalue weighted by molar-refractivity contribution is 1.17. The van der Waals surface area contributed by atoms with Gasteiger partial charge >= 0.3 is 0 Å². The first-order chi connectivity index (χ1) is 10.5. The Bertz CT molecular complexity index is 815. The van der Waals surface area contributed by atoms with Crippen molar-refractivity contribution in [3.8, 4) is 22.4 Å². The molecule has 0 aliphatic rings. The van der Waals surface area contributed by atoms with Crippen LogP contribution in [0.1, 0.15) is 0 Å². The van der Waals surface area contributed by atoms with E-state index in [-0.39, 0.29) is 10.4 Å². The lowest BCUT2D eigenvalue weighted by Gasteiger charge is -2.11. The monoisotopic (exact) mass is 368 g/mol. The van der Waals surface area contributed by atoms with Crippen LogP contribution in [-0.4, -0.2) is 9.97 Å². The fourth-order valence-electron chi connectivity index (χ4n) is 2.10. The summed E-state index contributed by atoms with van der Waals surface area (Å²) >= 11 is 24.1. The second-order valence-electron chi connectivity index (χ2n) is 4.52. The molecular formula is C16H8Cl4N2. The Labute approximate surface area is 147 Å². The number of rotatable bonds is 2. The molecule has 0 radical (unpaired) electrons. The van der Waals surface area contributed by atoms with E-state index in [4.69, 9.17) is 46.4 Å². The Kier molecular flexibility index (Phi) is 4.55. The van der Waals surface area contributed by atoms with Crippen molar-refractivity contribution in [1.82, 2.24) is 9.97 Å². The van der Waals surface area contributed by atoms with Gasteiger partial charge in [0.1, 0.15) is 5.15 Å². The van der Waals surface area contributed by atoms with E-state index in [0.717, 1.165) is 11.1 Å². The Hall–Kier alpha value is -1.32. The summed E-state index contributed by atoms with van der Waals surface area (Å²) in [4.78, 5) is 8.36. The van der Waals surface area contributed by atoms with Crippen LogP contribution in [0, 0.1) is 0 Å². The molecule has 0 saturated heterocycles. The van der Waals surface area contributed by atoms with Crippen LogP contribution in [0.15, 0.2) is 48.5 Å². The first kappa shape index (κ1) is 15.6. The van der Waals surface area contributed by atoms with E-state index in [1.54, 1.807) is 24.3 Å². The number of hydrogen-bond acceptors (Lipinski definition) is 2. The first-order valence-electron chi connectivity index (χ1n) is 6.29. The summed E-state index contributed by atoms with van der Waals surface area (Å²) in [6.45, 7) is 0. The minimum absolute atomic E-state index is 0.0904. The van der Waals surface area contributed by atoms with Gasteiger partial charge in [0, 0.05) is 21.2 Å². The zero-order valence-electron chi connectivity index (χ0n) is 11.0. The van der Waals surface area contributed by atoms with Crippen LogP contribution in [0.3, 0.4) is 0 Å². The summed E-state index contributed by atoms with van der Waals surface area (Å²) in [5.41, 5.74) is 3.05. The molecule has 0 saturated carbocycles. The average Bonchev–Trinajstić information content (AvgIpc) is 2.49. The Balaban J connectivity index is 2.24. The first-order valence-corrected chi connectivity index (χ1v) is 7.80. The number of hydrogen-bond donors (Lipinski definition) is 0. The van der Waals surface area contributed by atoms with Crippen molar-refractivity contribution in [3.05, 3.63) is 69.0 Å². The Morgan fingerprint density at radius 1 is 0.591 bits per heavy atom. The van der Waals surface area contributed by atoms with Gasteiger partial charge in [0.25, 0.3) is 0 Å². The van der Waals surface area contributed by atoms with Crippen molar-refractivity contribution in [3.63, 3.8) is 0 Å². The van der Waals surface area contributed by atoms with Gasteiger partial charge in [-0.2, -0.15) is 0 Å². The van der Waals surface area contributed by atoms with E-state index in [1.165, 1.54) is 0 Å². The minimum atomic E-state index is 0.0904. The highest BCUT2D eigenvalue weighted by atomic mass is 35.5. The molecule has 110 valence electrons. The van der Waals surface area contributed by atoms with Gasteiger partial charge in [-0.25, -0.2) is 9.97 Å². The van der Waals surface area contributed by atoms with Gasteiger partial charge < -0.3 is 0 Å². The van der Waals surface area contributed by atoms with Crippen LogP contribution >= 0.6 is 46.4 Å². The molecule has 1 aromatic heterocycles. The maximum absolute atomic E-state index is 6.30. The van der Waals surface area contributed by atoms with Gasteiger partial charge in [0.15, 0.2) is 0 Å². The highest BCUT2D eigenvalue weighted by molar-refractivity contribution is 6.34. The van der Waals surface area contributed by atoms with Gasteiger partial charge in [0.2, 0.25) is 5.28 Å². The summed E-state index contributed by atoms with van der Waals surface area (Å²) in [7, 11) is 0. The van der Waals surface area contributed by atoms with Crippen LogP contribution in [0.5, 0.6) is 0 Å². The molecule has 0 aliphatic heterocycles. The molecule has 0 atom stereocenters. The van der Waals surface area contributed by atoms with Crippen molar-refractivity contribution < 1.29 is 0 Å². The molecule has 6 heteroatoms. The molecule has 0 spiro atoms. The molecule has 2 aromatic carbocycles. The molecule has 0 aliphatic carbocycles. The maximum atomic E-state index is 6.30. The summed E-state index contributed by atoms with van der Waals surface area (Å²) in [5, 5.41) is 1.66. The third-order valence-electron chi connectivity index (χ3n) is 3.09. The van der Waals surface area contributed by atoms with E-state index in [0.29, 0.717) is 21.3 Å². The van der Waals surface area contributed by atoms with Crippen LogP contribution in [0.2, 0.25) is 20.5 Å². The summed E-state index contributed by atoms with van der Waals surface area (Å²) in [5.74, 6) is 0. The smallest absolute Gasteiger partial charge is 0.217 e. The van der Waals surface area contributed by atoms with Crippen molar-refractivity contribution in [2.45, 2.75) is 0 Å². The summed E-state index contributed by atoms with van der Waals surface area (Å²) in [6.07, 6.45) is 0. The van der Waals surface area contributed by atoms with Crippen molar-refractivity contribution in [2.24, 2.45) is 0 Å². The van der Waals surface area contributed by atoms with Crippen LogP contribution < -0.4 is 0 Å². The number of nitrogens with zero attached hydrogens (tertiary/aromatic N) is 2. The second-order valence-corrected chi connectivity index (χ2v) is 6.09. The maximum Gasteiger partial charge on any atom is 0.224 e. The highest BCUT2D eigenvalue weighted by Crippen LogP contribution is 2.36. The molecule has 3 rings (SSSR count). The van der Waals surface area contributed by atoms with E-state index < -0.39 is 0 Å². The topological polar surface area (TPSA) is 25.8 Å². The van der Waals surface area contributed by atoms with E-state index in [9.17, 15) is 0 Å². The van der Waals surface area contributed by atoms with Crippen molar-refractivity contribution in [1.29, 1.82) is 0 Å². The number of benzene rings is 2. The van der Waals surface area contributed by atoms with Gasteiger partial charge in [-0.1, -0.05) is 59.1 Å². The third-order valence-corrected chi connectivity index (χ3v) is 4.03. The van der Waals surface area contributed by atoms with E-state index in [1.807, 2.05) is 24.3 Å². The van der Waals surface area contributed by atoms with Gasteiger partial charge in [-0.3, -0.25) is 0 Å². The second kappa shape index (κ2) is 6.43. The molecule has 0 N–H and O–H groups in total. The van der Waals surface area contributed by atoms with Gasteiger partial charge in [0.05, 0.1) is 5.69 Å². The molecule has 0 unspecified atom stereocenters. The zero-order valence-corrected chi connectivity index (χ0v) is 14.0. The third kappa shape index (κ3) is 3.21. The average molecular weight is 370 g/mol. The predicted molar refractivity (Wildman–Crippen MR) is 92.9 cm³/mol. The molecule has 3 aromatic rings. The lowest BCUT2D eigenvalue weighted by atomic mass is 10.0. The normalized spacial score (nSPS) is 10.7. The van der Waals surface area contributed by atoms with Crippen molar-refractivity contribution >= 4 is 46.4 Å². The van der Waals surface area contributed by atoms with Gasteiger partial charge in [-0.05, 0) is 41.4 Å². The standard InChI is InChI=1S/C16H8Cl4N2/c17-11-5-1-9(2-6-11)13-14(21-16(20)22-15(13)19)10-3-7-12(18)8-4-10/h1-8H. The quantitative estimate of drug-likeness (QED) is 0.384. The molecule has 2 nitrogen and oxygen atoms in total. The molecule has 0 amide bonds.